The molecule has 0 saturated carbocycles. The standard InChI is InChI=1S/C16H22N2O2S.ClH/c1-16(11-17)7-8-18(12-16)15(20)10-21-9-14(19)13-5-3-2-4-6-13;/h2-6H,7-12,17H2,1H3;1H. The summed E-state index contributed by atoms with van der Waals surface area (Å²) in [4.78, 5) is 25.9. The molecule has 2 N–H and O–H groups in total. The minimum absolute atomic E-state index is 0. The highest BCUT2D eigenvalue weighted by Gasteiger charge is 2.34. The van der Waals surface area contributed by atoms with Crippen molar-refractivity contribution in [2.75, 3.05) is 31.1 Å². The average molecular weight is 343 g/mol. The summed E-state index contributed by atoms with van der Waals surface area (Å²) in [6, 6.07) is 9.19. The molecule has 1 heterocycles. The first-order valence-corrected chi connectivity index (χ1v) is 8.33. The molecule has 1 aromatic carbocycles. The van der Waals surface area contributed by atoms with Crippen LogP contribution in [-0.4, -0.2) is 47.7 Å². The van der Waals surface area contributed by atoms with Crippen molar-refractivity contribution >= 4 is 35.9 Å². The van der Waals surface area contributed by atoms with E-state index in [-0.39, 0.29) is 29.5 Å². The molecule has 1 fully saturated rings. The molecule has 0 aliphatic carbocycles. The predicted molar refractivity (Wildman–Crippen MR) is 93.7 cm³/mol. The quantitative estimate of drug-likeness (QED) is 0.805. The molecule has 4 nitrogen and oxygen atoms in total. The molecule has 0 radical (unpaired) electrons. The lowest BCUT2D eigenvalue weighted by Crippen LogP contribution is -2.35. The lowest BCUT2D eigenvalue weighted by Gasteiger charge is -2.22. The number of carbonyl (C=O) groups excluding carboxylic acids is 2. The van der Waals surface area contributed by atoms with Crippen molar-refractivity contribution in [2.45, 2.75) is 13.3 Å². The largest absolute Gasteiger partial charge is 0.341 e. The van der Waals surface area contributed by atoms with E-state index in [1.165, 1.54) is 11.8 Å². The van der Waals surface area contributed by atoms with Gasteiger partial charge in [0.25, 0.3) is 0 Å². The van der Waals surface area contributed by atoms with Gasteiger partial charge < -0.3 is 10.6 Å². The van der Waals surface area contributed by atoms with Crippen LogP contribution < -0.4 is 5.73 Å². The van der Waals surface area contributed by atoms with Gasteiger partial charge in [-0.1, -0.05) is 37.3 Å². The smallest absolute Gasteiger partial charge is 0.232 e. The number of Topliss-reactive ketones (excluding diaryl/α,β-unsaturated/α-hetero) is 1. The summed E-state index contributed by atoms with van der Waals surface area (Å²) in [5, 5.41) is 0. The second-order valence-electron chi connectivity index (χ2n) is 5.86. The van der Waals surface area contributed by atoms with Crippen molar-refractivity contribution in [2.24, 2.45) is 11.1 Å². The fourth-order valence-corrected chi connectivity index (χ4v) is 3.24. The van der Waals surface area contributed by atoms with Gasteiger partial charge in [0.1, 0.15) is 0 Å². The fourth-order valence-electron chi connectivity index (χ4n) is 2.43. The maximum atomic E-state index is 12.1. The number of carbonyl (C=O) groups is 2. The van der Waals surface area contributed by atoms with Gasteiger partial charge >= 0.3 is 0 Å². The highest BCUT2D eigenvalue weighted by Crippen LogP contribution is 2.28. The van der Waals surface area contributed by atoms with Gasteiger partial charge in [0.15, 0.2) is 5.78 Å². The van der Waals surface area contributed by atoms with Gasteiger partial charge in [0.05, 0.1) is 11.5 Å². The lowest BCUT2D eigenvalue weighted by molar-refractivity contribution is -0.127. The minimum Gasteiger partial charge on any atom is -0.341 e. The Morgan fingerprint density at radius 2 is 1.95 bits per heavy atom. The Labute approximate surface area is 142 Å². The van der Waals surface area contributed by atoms with Crippen molar-refractivity contribution in [3.05, 3.63) is 35.9 Å². The molecule has 1 aliphatic heterocycles. The Morgan fingerprint density at radius 1 is 1.27 bits per heavy atom. The van der Waals surface area contributed by atoms with Gasteiger partial charge in [-0.15, -0.1) is 24.2 Å². The van der Waals surface area contributed by atoms with Crippen molar-refractivity contribution in [3.8, 4) is 0 Å². The van der Waals surface area contributed by atoms with Gasteiger partial charge in [-0.3, -0.25) is 9.59 Å². The molecule has 0 spiro atoms. The second-order valence-corrected chi connectivity index (χ2v) is 6.85. The molecule has 0 bridgehead atoms. The van der Waals surface area contributed by atoms with E-state index in [1.807, 2.05) is 23.1 Å². The zero-order chi connectivity index (χ0) is 15.3. The number of hydrogen-bond donors (Lipinski definition) is 1. The number of amides is 1. The summed E-state index contributed by atoms with van der Waals surface area (Å²) in [5.41, 5.74) is 6.51. The zero-order valence-corrected chi connectivity index (χ0v) is 14.4. The molecule has 6 heteroatoms. The van der Waals surface area contributed by atoms with E-state index in [9.17, 15) is 9.59 Å². The van der Waals surface area contributed by atoms with E-state index < -0.39 is 0 Å². The van der Waals surface area contributed by atoms with Gasteiger partial charge in [-0.2, -0.15) is 0 Å². The van der Waals surface area contributed by atoms with Gasteiger partial charge in [0, 0.05) is 18.7 Å². The molecule has 1 unspecified atom stereocenters. The SMILES string of the molecule is CC1(CN)CCN(C(=O)CSCC(=O)c2ccccc2)C1.Cl. The molecular weight excluding hydrogens is 320 g/mol. The highest BCUT2D eigenvalue weighted by atomic mass is 35.5. The summed E-state index contributed by atoms with van der Waals surface area (Å²) in [7, 11) is 0. The normalized spacial score (nSPS) is 20.5. The number of benzene rings is 1. The van der Waals surface area contributed by atoms with Crippen molar-refractivity contribution in [1.29, 1.82) is 0 Å². The number of halogens is 1. The second kappa shape index (κ2) is 8.56. The number of nitrogens with two attached hydrogens (primary N) is 1. The molecule has 1 saturated heterocycles. The van der Waals surface area contributed by atoms with Crippen molar-refractivity contribution in [1.82, 2.24) is 4.90 Å². The van der Waals surface area contributed by atoms with Crippen LogP contribution in [0.5, 0.6) is 0 Å². The van der Waals surface area contributed by atoms with Crippen LogP contribution >= 0.6 is 24.2 Å². The van der Waals surface area contributed by atoms with Crippen LogP contribution in [-0.2, 0) is 4.79 Å². The molecule has 0 aromatic heterocycles. The van der Waals surface area contributed by atoms with Crippen LogP contribution in [0.1, 0.15) is 23.7 Å². The molecule has 1 aliphatic rings. The summed E-state index contributed by atoms with van der Waals surface area (Å²) in [5.74, 6) is 0.886. The zero-order valence-electron chi connectivity index (χ0n) is 12.8. The minimum atomic E-state index is 0. The molecule has 122 valence electrons. The Balaban J connectivity index is 0.00000242. The lowest BCUT2D eigenvalue weighted by atomic mass is 9.90. The van der Waals surface area contributed by atoms with E-state index in [4.69, 9.17) is 5.73 Å². The Kier molecular flexibility index (Phi) is 7.39. The number of rotatable bonds is 6. The first-order chi connectivity index (χ1) is 10.0. The van der Waals surface area contributed by atoms with Crippen molar-refractivity contribution in [3.63, 3.8) is 0 Å². The first-order valence-electron chi connectivity index (χ1n) is 7.18. The van der Waals surface area contributed by atoms with E-state index in [1.54, 1.807) is 12.1 Å². The molecule has 1 amide bonds. The summed E-state index contributed by atoms with van der Waals surface area (Å²) in [6.45, 7) is 4.23. The van der Waals surface area contributed by atoms with Gasteiger partial charge in [-0.25, -0.2) is 0 Å². The fraction of sp³-hybridized carbons (Fsp3) is 0.500. The highest BCUT2D eigenvalue weighted by molar-refractivity contribution is 8.00. The third-order valence-electron chi connectivity index (χ3n) is 3.96. The number of thioether (sulfide) groups is 1. The molecule has 1 atom stereocenters. The van der Waals surface area contributed by atoms with E-state index in [2.05, 4.69) is 6.92 Å². The maximum absolute atomic E-state index is 12.1. The maximum Gasteiger partial charge on any atom is 0.232 e. The van der Waals surface area contributed by atoms with Crippen LogP contribution in [0.3, 0.4) is 0 Å². The number of ketones is 1. The number of likely N-dealkylation sites (tertiary alicyclic amines) is 1. The van der Waals surface area contributed by atoms with Crippen LogP contribution in [0.25, 0.3) is 0 Å². The topological polar surface area (TPSA) is 63.4 Å². The monoisotopic (exact) mass is 342 g/mol. The molecule has 22 heavy (non-hydrogen) atoms. The first kappa shape index (κ1) is 19.0. The van der Waals surface area contributed by atoms with E-state index >= 15 is 0 Å². The molecular formula is C16H23ClN2O2S. The van der Waals surface area contributed by atoms with Crippen LogP contribution in [0.2, 0.25) is 0 Å². The number of nitrogens with zero attached hydrogens (tertiary/aromatic N) is 1. The Morgan fingerprint density at radius 3 is 2.55 bits per heavy atom. The number of hydrogen-bond acceptors (Lipinski definition) is 4. The average Bonchev–Trinajstić information content (AvgIpc) is 2.91. The van der Waals surface area contributed by atoms with Gasteiger partial charge in [0.2, 0.25) is 5.91 Å². The van der Waals surface area contributed by atoms with Gasteiger partial charge in [-0.05, 0) is 18.4 Å². The third kappa shape index (κ3) is 5.00. The third-order valence-corrected chi connectivity index (χ3v) is 4.88. The molecule has 1 aromatic rings. The van der Waals surface area contributed by atoms with Crippen LogP contribution in [0, 0.1) is 5.41 Å². The summed E-state index contributed by atoms with van der Waals surface area (Å²) < 4.78 is 0. The summed E-state index contributed by atoms with van der Waals surface area (Å²) >= 11 is 1.39. The van der Waals surface area contributed by atoms with Crippen LogP contribution in [0.15, 0.2) is 30.3 Å². The van der Waals surface area contributed by atoms with Crippen molar-refractivity contribution < 1.29 is 9.59 Å². The van der Waals surface area contributed by atoms with E-state index in [0.717, 1.165) is 19.5 Å². The Bertz CT molecular complexity index is 512. The van der Waals surface area contributed by atoms with Crippen LogP contribution in [0.4, 0.5) is 0 Å². The summed E-state index contributed by atoms with van der Waals surface area (Å²) in [6.07, 6.45) is 0.961. The van der Waals surface area contributed by atoms with E-state index in [0.29, 0.717) is 23.6 Å². The Hall–Kier alpha value is -1.04. The predicted octanol–water partition coefficient (Wildman–Crippen LogP) is 2.22. The molecule has 2 rings (SSSR count).